The van der Waals surface area contributed by atoms with Gasteiger partial charge in [0, 0.05) is 12.5 Å². The zero-order chi connectivity index (χ0) is 14.1. The highest BCUT2D eigenvalue weighted by Gasteiger charge is 2.50. The first-order valence-electron chi connectivity index (χ1n) is 7.10. The average Bonchev–Trinajstić information content (AvgIpc) is 2.41. The molecule has 3 unspecified atom stereocenters. The van der Waals surface area contributed by atoms with Crippen LogP contribution in [0.15, 0.2) is 0 Å². The van der Waals surface area contributed by atoms with E-state index in [0.717, 1.165) is 6.42 Å². The maximum atomic E-state index is 10.7. The van der Waals surface area contributed by atoms with Crippen molar-refractivity contribution in [2.75, 3.05) is 6.61 Å². The predicted octanol–water partition coefficient (Wildman–Crippen LogP) is 3.00. The van der Waals surface area contributed by atoms with Crippen molar-refractivity contribution in [2.24, 2.45) is 11.8 Å². The van der Waals surface area contributed by atoms with Crippen LogP contribution >= 0.6 is 0 Å². The second-order valence-corrected chi connectivity index (χ2v) is 6.93. The van der Waals surface area contributed by atoms with Gasteiger partial charge in [0.1, 0.15) is 0 Å². The SMILES string of the molecule is CCOC(C(C)C)C(O)C1CC(C)(C)OC1(C)C. The third-order valence-electron chi connectivity index (χ3n) is 3.91. The molecule has 3 nitrogen and oxygen atoms in total. The summed E-state index contributed by atoms with van der Waals surface area (Å²) >= 11 is 0. The molecule has 1 N–H and O–H groups in total. The molecule has 1 aliphatic heterocycles. The second-order valence-electron chi connectivity index (χ2n) is 6.93. The Bertz CT molecular complexity index is 271. The molecule has 0 aromatic carbocycles. The summed E-state index contributed by atoms with van der Waals surface area (Å²) < 4.78 is 11.8. The number of aliphatic hydroxyl groups is 1. The molecule has 3 heteroatoms. The highest BCUT2D eigenvalue weighted by molar-refractivity contribution is 4.99. The Labute approximate surface area is 112 Å². The van der Waals surface area contributed by atoms with Crippen molar-refractivity contribution in [3.63, 3.8) is 0 Å². The Hall–Kier alpha value is -0.120. The van der Waals surface area contributed by atoms with Crippen molar-refractivity contribution < 1.29 is 14.6 Å². The van der Waals surface area contributed by atoms with Gasteiger partial charge in [0.05, 0.1) is 23.4 Å². The summed E-state index contributed by atoms with van der Waals surface area (Å²) in [6.07, 6.45) is 0.288. The summed E-state index contributed by atoms with van der Waals surface area (Å²) in [6.45, 7) is 15.1. The molecule has 1 heterocycles. The lowest BCUT2D eigenvalue weighted by Gasteiger charge is -2.35. The molecule has 0 aromatic heterocycles. The molecule has 0 saturated carbocycles. The lowest BCUT2D eigenvalue weighted by molar-refractivity contribution is -0.122. The van der Waals surface area contributed by atoms with Gasteiger partial charge in [-0.05, 0) is 47.0 Å². The lowest BCUT2D eigenvalue weighted by Crippen LogP contribution is -2.45. The maximum absolute atomic E-state index is 10.7. The molecule has 108 valence electrons. The van der Waals surface area contributed by atoms with Gasteiger partial charge >= 0.3 is 0 Å². The van der Waals surface area contributed by atoms with Crippen molar-refractivity contribution >= 4 is 0 Å². The van der Waals surface area contributed by atoms with E-state index in [1.165, 1.54) is 0 Å². The number of rotatable bonds is 5. The molecule has 1 aliphatic rings. The van der Waals surface area contributed by atoms with E-state index in [1.54, 1.807) is 0 Å². The van der Waals surface area contributed by atoms with E-state index < -0.39 is 6.10 Å². The molecule has 1 rings (SSSR count). The van der Waals surface area contributed by atoms with E-state index in [2.05, 4.69) is 41.5 Å². The lowest BCUT2D eigenvalue weighted by atomic mass is 9.79. The highest BCUT2D eigenvalue weighted by Crippen LogP contribution is 2.44. The van der Waals surface area contributed by atoms with Crippen LogP contribution in [0.4, 0.5) is 0 Å². The number of hydrogen-bond donors (Lipinski definition) is 1. The Morgan fingerprint density at radius 2 is 1.83 bits per heavy atom. The predicted molar refractivity (Wildman–Crippen MR) is 73.6 cm³/mol. The fourth-order valence-electron chi connectivity index (χ4n) is 3.24. The fourth-order valence-corrected chi connectivity index (χ4v) is 3.24. The third-order valence-corrected chi connectivity index (χ3v) is 3.91. The molecule has 0 bridgehead atoms. The van der Waals surface area contributed by atoms with E-state index in [0.29, 0.717) is 12.5 Å². The summed E-state index contributed by atoms with van der Waals surface area (Å²) in [5, 5.41) is 10.7. The van der Waals surface area contributed by atoms with E-state index >= 15 is 0 Å². The van der Waals surface area contributed by atoms with Gasteiger partial charge in [-0.2, -0.15) is 0 Å². The molecule has 1 saturated heterocycles. The normalized spacial score (nSPS) is 29.5. The van der Waals surface area contributed by atoms with E-state index in [-0.39, 0.29) is 23.2 Å². The van der Waals surface area contributed by atoms with Crippen LogP contribution in [0.3, 0.4) is 0 Å². The van der Waals surface area contributed by atoms with Crippen molar-refractivity contribution in [1.82, 2.24) is 0 Å². The van der Waals surface area contributed by atoms with Crippen LogP contribution in [0.2, 0.25) is 0 Å². The Morgan fingerprint density at radius 3 is 2.17 bits per heavy atom. The Balaban J connectivity index is 2.85. The van der Waals surface area contributed by atoms with Gasteiger partial charge in [0.2, 0.25) is 0 Å². The number of hydrogen-bond acceptors (Lipinski definition) is 3. The zero-order valence-electron chi connectivity index (χ0n) is 13.0. The maximum Gasteiger partial charge on any atom is 0.0860 e. The molecular weight excluding hydrogens is 228 g/mol. The van der Waals surface area contributed by atoms with Crippen molar-refractivity contribution in [3.05, 3.63) is 0 Å². The molecular formula is C15H30O3. The van der Waals surface area contributed by atoms with Crippen LogP contribution in [0, 0.1) is 11.8 Å². The van der Waals surface area contributed by atoms with E-state index in [4.69, 9.17) is 9.47 Å². The third kappa shape index (κ3) is 3.46. The van der Waals surface area contributed by atoms with Gasteiger partial charge in [0.25, 0.3) is 0 Å². The van der Waals surface area contributed by atoms with Crippen molar-refractivity contribution in [2.45, 2.75) is 78.3 Å². The van der Waals surface area contributed by atoms with Crippen molar-refractivity contribution in [3.8, 4) is 0 Å². The second kappa shape index (κ2) is 5.48. The first kappa shape index (κ1) is 15.9. The summed E-state index contributed by atoms with van der Waals surface area (Å²) in [5.74, 6) is 0.422. The molecule has 0 aromatic rings. The first-order chi connectivity index (χ1) is 8.10. The minimum atomic E-state index is -0.471. The van der Waals surface area contributed by atoms with Crippen LogP contribution in [0.1, 0.15) is 54.9 Å². The summed E-state index contributed by atoms with van der Waals surface area (Å²) in [7, 11) is 0. The van der Waals surface area contributed by atoms with Gasteiger partial charge in [-0.25, -0.2) is 0 Å². The van der Waals surface area contributed by atoms with Crippen LogP contribution in [-0.4, -0.2) is 35.1 Å². The zero-order valence-corrected chi connectivity index (χ0v) is 13.0. The van der Waals surface area contributed by atoms with Crippen LogP contribution in [0.25, 0.3) is 0 Å². The largest absolute Gasteiger partial charge is 0.390 e. The minimum Gasteiger partial charge on any atom is -0.390 e. The van der Waals surface area contributed by atoms with Crippen LogP contribution < -0.4 is 0 Å². The van der Waals surface area contributed by atoms with Crippen LogP contribution in [-0.2, 0) is 9.47 Å². The molecule has 3 atom stereocenters. The van der Waals surface area contributed by atoms with Gasteiger partial charge in [-0.15, -0.1) is 0 Å². The van der Waals surface area contributed by atoms with Gasteiger partial charge in [0.15, 0.2) is 0 Å². The van der Waals surface area contributed by atoms with E-state index in [1.807, 2.05) is 6.92 Å². The van der Waals surface area contributed by atoms with Crippen molar-refractivity contribution in [1.29, 1.82) is 0 Å². The highest BCUT2D eigenvalue weighted by atomic mass is 16.5. The Kier molecular flexibility index (Phi) is 4.85. The average molecular weight is 258 g/mol. The quantitative estimate of drug-likeness (QED) is 0.824. The number of ether oxygens (including phenoxy) is 2. The summed E-state index contributed by atoms with van der Waals surface area (Å²) in [4.78, 5) is 0. The molecule has 0 amide bonds. The molecule has 0 spiro atoms. The molecule has 18 heavy (non-hydrogen) atoms. The monoisotopic (exact) mass is 258 g/mol. The molecule has 1 fully saturated rings. The Morgan fingerprint density at radius 1 is 1.28 bits per heavy atom. The van der Waals surface area contributed by atoms with Gasteiger partial charge in [-0.1, -0.05) is 13.8 Å². The molecule has 0 radical (unpaired) electrons. The number of aliphatic hydroxyl groups excluding tert-OH is 1. The smallest absolute Gasteiger partial charge is 0.0860 e. The first-order valence-corrected chi connectivity index (χ1v) is 7.10. The standard InChI is InChI=1S/C15H30O3/c1-8-17-13(10(2)3)12(16)11-9-14(4,5)18-15(11,6)7/h10-13,16H,8-9H2,1-7H3. The summed E-state index contributed by atoms with van der Waals surface area (Å²) in [5.41, 5.74) is -0.462. The van der Waals surface area contributed by atoms with E-state index in [9.17, 15) is 5.11 Å². The fraction of sp³-hybridized carbons (Fsp3) is 1.00. The van der Waals surface area contributed by atoms with Gasteiger partial charge in [-0.3, -0.25) is 0 Å². The molecule has 0 aliphatic carbocycles. The van der Waals surface area contributed by atoms with Crippen LogP contribution in [0.5, 0.6) is 0 Å². The summed E-state index contributed by atoms with van der Waals surface area (Å²) in [6, 6.07) is 0. The topological polar surface area (TPSA) is 38.7 Å². The van der Waals surface area contributed by atoms with Gasteiger partial charge < -0.3 is 14.6 Å². The minimum absolute atomic E-state index is 0.114.